The van der Waals surface area contributed by atoms with Crippen molar-refractivity contribution in [3.05, 3.63) is 28.3 Å². The first kappa shape index (κ1) is 20.6. The Labute approximate surface area is 171 Å². The van der Waals surface area contributed by atoms with Crippen molar-refractivity contribution in [3.63, 3.8) is 0 Å². The molecule has 0 atom stereocenters. The van der Waals surface area contributed by atoms with E-state index in [-0.39, 0.29) is 17.0 Å². The Morgan fingerprint density at radius 1 is 1.29 bits per heavy atom. The largest absolute Gasteiger partial charge is 0.379 e. The highest BCUT2D eigenvalue weighted by atomic mass is 35.5. The summed E-state index contributed by atoms with van der Waals surface area (Å²) in [5.41, 5.74) is 0.561. The minimum absolute atomic E-state index is 0.192. The molecule has 1 aliphatic carbocycles. The Morgan fingerprint density at radius 2 is 1.96 bits per heavy atom. The van der Waals surface area contributed by atoms with Crippen LogP contribution >= 0.6 is 11.6 Å². The predicted octanol–water partition coefficient (Wildman–Crippen LogP) is 4.27. The Kier molecular flexibility index (Phi) is 5.97. The average molecular weight is 404 g/mol. The lowest BCUT2D eigenvalue weighted by molar-refractivity contribution is -0.124. The molecule has 1 saturated heterocycles. The van der Waals surface area contributed by atoms with Crippen molar-refractivity contribution in [2.45, 2.75) is 52.0 Å². The van der Waals surface area contributed by atoms with E-state index in [2.05, 4.69) is 13.8 Å². The Bertz CT molecular complexity index is 825. The van der Waals surface area contributed by atoms with Crippen molar-refractivity contribution >= 4 is 29.2 Å². The van der Waals surface area contributed by atoms with E-state index in [1.54, 1.807) is 24.0 Å². The van der Waals surface area contributed by atoms with Gasteiger partial charge in [-0.3, -0.25) is 4.79 Å². The van der Waals surface area contributed by atoms with Crippen molar-refractivity contribution in [1.29, 1.82) is 5.26 Å². The van der Waals surface area contributed by atoms with Crippen LogP contribution < -0.4 is 4.90 Å². The van der Waals surface area contributed by atoms with E-state index in [1.165, 1.54) is 4.90 Å². The number of nitrogens with zero attached hydrogens (tertiary/aromatic N) is 3. The minimum atomic E-state index is -0.787. The number of carbonyl (C=O) groups is 2. The number of amides is 3. The smallest absolute Gasteiger partial charge is 0.332 e. The second-order valence-electron chi connectivity index (χ2n) is 7.97. The van der Waals surface area contributed by atoms with Gasteiger partial charge in [0, 0.05) is 13.2 Å². The average Bonchev–Trinajstić information content (AvgIpc) is 3.22. The zero-order valence-corrected chi connectivity index (χ0v) is 17.4. The molecular formula is C21H26ClN3O3. The molecule has 2 fully saturated rings. The molecule has 1 saturated carbocycles. The maximum atomic E-state index is 13.4. The molecular weight excluding hydrogens is 378 g/mol. The number of benzene rings is 1. The fourth-order valence-electron chi connectivity index (χ4n) is 4.16. The summed E-state index contributed by atoms with van der Waals surface area (Å²) in [6.45, 7) is 7.28. The molecule has 3 rings (SSSR count). The number of rotatable bonds is 6. The van der Waals surface area contributed by atoms with E-state index in [9.17, 15) is 9.59 Å². The Hall–Kier alpha value is -2.10. The van der Waals surface area contributed by atoms with Crippen molar-refractivity contribution < 1.29 is 14.3 Å². The molecule has 0 unspecified atom stereocenters. The second kappa shape index (κ2) is 8.10. The van der Waals surface area contributed by atoms with Crippen LogP contribution in [0.1, 0.15) is 50.7 Å². The lowest BCUT2D eigenvalue weighted by Gasteiger charge is -2.31. The SMILES string of the molecule is Cc1c(N2C(=O)N(CCOCC(C)C)C3(CCCC3)C2=O)ccc(C#N)c1Cl. The van der Waals surface area contributed by atoms with Crippen molar-refractivity contribution in [1.82, 2.24) is 4.90 Å². The van der Waals surface area contributed by atoms with Gasteiger partial charge < -0.3 is 9.64 Å². The molecule has 2 aliphatic rings. The molecule has 1 aromatic carbocycles. The third-order valence-electron chi connectivity index (χ3n) is 5.60. The van der Waals surface area contributed by atoms with Crippen LogP contribution in [0.25, 0.3) is 0 Å². The zero-order chi connectivity index (χ0) is 20.5. The van der Waals surface area contributed by atoms with Crippen LogP contribution in [0.2, 0.25) is 5.02 Å². The van der Waals surface area contributed by atoms with Gasteiger partial charge in [-0.05, 0) is 43.4 Å². The highest BCUT2D eigenvalue weighted by Gasteiger charge is 2.58. The molecule has 1 heterocycles. The number of halogens is 1. The Balaban J connectivity index is 1.92. The Morgan fingerprint density at radius 3 is 2.57 bits per heavy atom. The van der Waals surface area contributed by atoms with E-state index < -0.39 is 5.54 Å². The molecule has 0 N–H and O–H groups in total. The van der Waals surface area contributed by atoms with E-state index in [0.717, 1.165) is 12.8 Å². The van der Waals surface area contributed by atoms with Crippen molar-refractivity contribution in [2.24, 2.45) is 5.92 Å². The predicted molar refractivity (Wildman–Crippen MR) is 107 cm³/mol. The monoisotopic (exact) mass is 403 g/mol. The van der Waals surface area contributed by atoms with E-state index in [4.69, 9.17) is 21.6 Å². The summed E-state index contributed by atoms with van der Waals surface area (Å²) in [6, 6.07) is 4.89. The summed E-state index contributed by atoms with van der Waals surface area (Å²) in [7, 11) is 0. The molecule has 3 amide bonds. The molecule has 7 heteroatoms. The minimum Gasteiger partial charge on any atom is -0.379 e. The first-order valence-corrected chi connectivity index (χ1v) is 10.1. The first-order valence-electron chi connectivity index (χ1n) is 9.76. The molecule has 6 nitrogen and oxygen atoms in total. The zero-order valence-electron chi connectivity index (χ0n) is 16.6. The van der Waals surface area contributed by atoms with Crippen LogP contribution in [-0.4, -0.2) is 42.1 Å². The van der Waals surface area contributed by atoms with Crippen molar-refractivity contribution in [3.8, 4) is 6.07 Å². The summed E-state index contributed by atoms with van der Waals surface area (Å²) in [6.07, 6.45) is 3.18. The van der Waals surface area contributed by atoms with Crippen LogP contribution in [0.5, 0.6) is 0 Å². The number of ether oxygens (including phenoxy) is 1. The van der Waals surface area contributed by atoms with Gasteiger partial charge in [-0.25, -0.2) is 9.69 Å². The van der Waals surface area contributed by atoms with Gasteiger partial charge in [0.25, 0.3) is 5.91 Å². The van der Waals surface area contributed by atoms with Gasteiger partial charge in [0.05, 0.1) is 22.9 Å². The lowest BCUT2D eigenvalue weighted by atomic mass is 9.95. The third kappa shape index (κ3) is 3.38. The normalized spacial score (nSPS) is 18.6. The van der Waals surface area contributed by atoms with E-state index >= 15 is 0 Å². The van der Waals surface area contributed by atoms with Gasteiger partial charge in [0.2, 0.25) is 0 Å². The maximum Gasteiger partial charge on any atom is 0.332 e. The van der Waals surface area contributed by atoms with Crippen molar-refractivity contribution in [2.75, 3.05) is 24.7 Å². The third-order valence-corrected chi connectivity index (χ3v) is 6.09. The number of imide groups is 1. The van der Waals surface area contributed by atoms with Crippen LogP contribution in [0.15, 0.2) is 12.1 Å². The highest BCUT2D eigenvalue weighted by Crippen LogP contribution is 2.44. The van der Waals surface area contributed by atoms with Gasteiger partial charge in [-0.1, -0.05) is 38.3 Å². The summed E-state index contributed by atoms with van der Waals surface area (Å²) >= 11 is 6.29. The quantitative estimate of drug-likeness (QED) is 0.525. The van der Waals surface area contributed by atoms with Gasteiger partial charge >= 0.3 is 6.03 Å². The van der Waals surface area contributed by atoms with Gasteiger partial charge in [-0.2, -0.15) is 5.26 Å². The summed E-state index contributed by atoms with van der Waals surface area (Å²) < 4.78 is 5.68. The van der Waals surface area contributed by atoms with Crippen LogP contribution in [-0.2, 0) is 9.53 Å². The fourth-order valence-corrected chi connectivity index (χ4v) is 4.36. The van der Waals surface area contributed by atoms with E-state index in [0.29, 0.717) is 55.3 Å². The van der Waals surface area contributed by atoms with Gasteiger partial charge in [-0.15, -0.1) is 0 Å². The van der Waals surface area contributed by atoms with Gasteiger partial charge in [0.15, 0.2) is 0 Å². The molecule has 150 valence electrons. The number of urea groups is 1. The summed E-state index contributed by atoms with van der Waals surface area (Å²) in [5, 5.41) is 9.45. The van der Waals surface area contributed by atoms with Gasteiger partial charge in [0.1, 0.15) is 11.6 Å². The summed E-state index contributed by atoms with van der Waals surface area (Å²) in [5.74, 6) is 0.221. The molecule has 28 heavy (non-hydrogen) atoms. The molecule has 0 bridgehead atoms. The molecule has 1 aromatic rings. The summed E-state index contributed by atoms with van der Waals surface area (Å²) in [4.78, 5) is 29.7. The molecule has 1 aliphatic heterocycles. The first-order chi connectivity index (χ1) is 13.3. The number of anilines is 1. The van der Waals surface area contributed by atoms with E-state index in [1.807, 2.05) is 6.07 Å². The number of carbonyl (C=O) groups excluding carboxylic acids is 2. The maximum absolute atomic E-state index is 13.4. The fraction of sp³-hybridized carbons (Fsp3) is 0.571. The molecule has 0 radical (unpaired) electrons. The molecule has 0 aromatic heterocycles. The van der Waals surface area contributed by atoms with Crippen LogP contribution in [0.4, 0.5) is 10.5 Å². The topological polar surface area (TPSA) is 73.6 Å². The highest BCUT2D eigenvalue weighted by molar-refractivity contribution is 6.33. The standard InChI is InChI=1S/C21H26ClN3O3/c1-14(2)13-28-11-10-24-20(27)25(19(26)21(24)8-4-5-9-21)17-7-6-16(12-23)18(22)15(17)3/h6-7,14H,4-5,8-11,13H2,1-3H3. The molecule has 1 spiro atoms. The van der Waals surface area contributed by atoms with Crippen LogP contribution in [0, 0.1) is 24.2 Å². The van der Waals surface area contributed by atoms with Crippen LogP contribution in [0.3, 0.4) is 0 Å². The number of nitriles is 1. The number of hydrogen-bond donors (Lipinski definition) is 0. The second-order valence-corrected chi connectivity index (χ2v) is 8.34. The lowest BCUT2D eigenvalue weighted by Crippen LogP contribution is -2.48. The number of hydrogen-bond acceptors (Lipinski definition) is 4.